The second-order valence-electron chi connectivity index (χ2n) is 6.22. The summed E-state index contributed by atoms with van der Waals surface area (Å²) in [5.41, 5.74) is 1.90. The van der Waals surface area contributed by atoms with Gasteiger partial charge in [0.1, 0.15) is 0 Å². The molecule has 1 heterocycles. The zero-order chi connectivity index (χ0) is 22.1. The van der Waals surface area contributed by atoms with Crippen molar-refractivity contribution in [2.45, 2.75) is 17.7 Å². The number of nitrogens with one attached hydrogen (secondary N) is 2. The van der Waals surface area contributed by atoms with Gasteiger partial charge >= 0.3 is 5.97 Å². The third kappa shape index (κ3) is 7.19. The number of esters is 1. The lowest BCUT2D eigenvalue weighted by atomic mass is 10.1. The highest BCUT2D eigenvalue weighted by molar-refractivity contribution is 8.01. The van der Waals surface area contributed by atoms with Crippen molar-refractivity contribution in [2.24, 2.45) is 0 Å². The number of benzene rings is 2. The summed E-state index contributed by atoms with van der Waals surface area (Å²) < 4.78 is 5.50. The fourth-order valence-electron chi connectivity index (χ4n) is 2.49. The Hall–Kier alpha value is -3.24. The summed E-state index contributed by atoms with van der Waals surface area (Å²) in [6.45, 7) is 2.04. The first-order chi connectivity index (χ1) is 15.0. The van der Waals surface area contributed by atoms with Gasteiger partial charge in [0.15, 0.2) is 4.34 Å². The third-order valence-corrected chi connectivity index (χ3v) is 5.84. The molecule has 0 saturated carbocycles. The van der Waals surface area contributed by atoms with Gasteiger partial charge in [-0.2, -0.15) is 0 Å². The van der Waals surface area contributed by atoms with E-state index in [1.165, 1.54) is 23.1 Å². The van der Waals surface area contributed by atoms with Crippen LogP contribution in [0.4, 0.5) is 10.8 Å². The number of carbonyl (C=O) groups excluding carboxylic acids is 3. The summed E-state index contributed by atoms with van der Waals surface area (Å²) in [7, 11) is 0. The Morgan fingerprint density at radius 2 is 1.71 bits per heavy atom. The molecule has 0 fully saturated rings. The topological polar surface area (TPSA) is 110 Å². The molecule has 0 aliphatic rings. The Morgan fingerprint density at radius 1 is 0.968 bits per heavy atom. The van der Waals surface area contributed by atoms with Gasteiger partial charge in [-0.25, -0.2) is 4.79 Å². The van der Waals surface area contributed by atoms with Gasteiger partial charge in [0.25, 0.3) is 0 Å². The Morgan fingerprint density at radius 3 is 2.42 bits per heavy atom. The minimum Gasteiger partial charge on any atom is -0.462 e. The Labute approximate surface area is 187 Å². The number of nitrogens with zero attached hydrogens (tertiary/aromatic N) is 2. The van der Waals surface area contributed by atoms with Crippen LogP contribution >= 0.6 is 23.1 Å². The maximum absolute atomic E-state index is 12.2. The minimum absolute atomic E-state index is 0.131. The second kappa shape index (κ2) is 11.2. The van der Waals surface area contributed by atoms with Crippen molar-refractivity contribution in [1.29, 1.82) is 0 Å². The van der Waals surface area contributed by atoms with Crippen molar-refractivity contribution in [3.05, 3.63) is 65.7 Å². The van der Waals surface area contributed by atoms with E-state index >= 15 is 0 Å². The smallest absolute Gasteiger partial charge is 0.338 e. The quantitative estimate of drug-likeness (QED) is 0.287. The molecule has 2 aromatic carbocycles. The van der Waals surface area contributed by atoms with E-state index in [-0.39, 0.29) is 24.0 Å². The monoisotopic (exact) mass is 456 g/mol. The lowest BCUT2D eigenvalue weighted by Crippen LogP contribution is -2.14. The number of thioether (sulfide) groups is 1. The molecule has 0 spiro atoms. The predicted octanol–water partition coefficient (Wildman–Crippen LogP) is 3.63. The van der Waals surface area contributed by atoms with E-state index in [0.717, 1.165) is 5.56 Å². The van der Waals surface area contributed by atoms with Gasteiger partial charge < -0.3 is 15.4 Å². The molecule has 160 valence electrons. The van der Waals surface area contributed by atoms with Crippen molar-refractivity contribution < 1.29 is 19.1 Å². The summed E-state index contributed by atoms with van der Waals surface area (Å²) in [4.78, 5) is 35.9. The fourth-order valence-corrected chi connectivity index (χ4v) is 4.06. The number of ether oxygens (including phenoxy) is 1. The Bertz CT molecular complexity index is 1040. The van der Waals surface area contributed by atoms with Gasteiger partial charge in [-0.05, 0) is 36.8 Å². The van der Waals surface area contributed by atoms with Gasteiger partial charge in [-0.1, -0.05) is 53.4 Å². The molecule has 8 nitrogen and oxygen atoms in total. The molecule has 0 saturated heterocycles. The molecule has 31 heavy (non-hydrogen) atoms. The zero-order valence-corrected chi connectivity index (χ0v) is 18.3. The number of carbonyl (C=O) groups is 3. The largest absolute Gasteiger partial charge is 0.462 e. The summed E-state index contributed by atoms with van der Waals surface area (Å²) in [6, 6.07) is 15.9. The van der Waals surface area contributed by atoms with Gasteiger partial charge in [0.05, 0.1) is 24.3 Å². The number of amides is 2. The van der Waals surface area contributed by atoms with Crippen LogP contribution in [0, 0.1) is 0 Å². The first-order valence-electron chi connectivity index (χ1n) is 9.40. The molecule has 0 bridgehead atoms. The highest BCUT2D eigenvalue weighted by atomic mass is 32.2. The maximum Gasteiger partial charge on any atom is 0.338 e. The van der Waals surface area contributed by atoms with Crippen LogP contribution in [0.5, 0.6) is 0 Å². The molecule has 0 aliphatic carbocycles. The number of anilines is 2. The number of hydrogen-bond acceptors (Lipinski definition) is 8. The molecule has 3 rings (SSSR count). The van der Waals surface area contributed by atoms with Gasteiger partial charge in [0, 0.05) is 5.69 Å². The standard InChI is InChI=1S/C21H20N4O4S2/c1-2-29-19(28)15-8-10-16(11-9-15)22-18(27)13-30-21-25-24-20(31-21)23-17(26)12-14-6-4-3-5-7-14/h3-11H,2,12-13H2,1H3,(H,22,27)(H,23,24,26). The summed E-state index contributed by atoms with van der Waals surface area (Å²) >= 11 is 2.43. The minimum atomic E-state index is -0.404. The Kier molecular flexibility index (Phi) is 8.13. The maximum atomic E-state index is 12.2. The van der Waals surface area contributed by atoms with Crippen molar-refractivity contribution in [2.75, 3.05) is 23.0 Å². The lowest BCUT2D eigenvalue weighted by molar-refractivity contribution is -0.115. The number of rotatable bonds is 9. The summed E-state index contributed by atoms with van der Waals surface area (Å²) in [5.74, 6) is -0.674. The molecular weight excluding hydrogens is 436 g/mol. The van der Waals surface area contributed by atoms with Crippen molar-refractivity contribution in [3.63, 3.8) is 0 Å². The average Bonchev–Trinajstić information content (AvgIpc) is 3.21. The van der Waals surface area contributed by atoms with Crippen molar-refractivity contribution in [1.82, 2.24) is 10.2 Å². The SMILES string of the molecule is CCOC(=O)c1ccc(NC(=O)CSc2nnc(NC(=O)Cc3ccccc3)s2)cc1. The molecule has 0 aliphatic heterocycles. The van der Waals surface area contributed by atoms with E-state index in [2.05, 4.69) is 20.8 Å². The van der Waals surface area contributed by atoms with Gasteiger partial charge in [0.2, 0.25) is 16.9 Å². The average molecular weight is 457 g/mol. The van der Waals surface area contributed by atoms with Crippen LogP contribution in [0.2, 0.25) is 0 Å². The molecule has 0 atom stereocenters. The predicted molar refractivity (Wildman–Crippen MR) is 120 cm³/mol. The van der Waals surface area contributed by atoms with Crippen LogP contribution < -0.4 is 10.6 Å². The molecule has 3 aromatic rings. The third-order valence-electron chi connectivity index (χ3n) is 3.87. The van der Waals surface area contributed by atoms with Crippen LogP contribution in [0.3, 0.4) is 0 Å². The molecule has 10 heteroatoms. The molecule has 2 N–H and O–H groups in total. The van der Waals surface area contributed by atoms with E-state index in [9.17, 15) is 14.4 Å². The van der Waals surface area contributed by atoms with Crippen LogP contribution in [0.1, 0.15) is 22.8 Å². The molecular formula is C21H20N4O4S2. The molecule has 0 radical (unpaired) electrons. The fraction of sp³-hybridized carbons (Fsp3) is 0.190. The second-order valence-corrected chi connectivity index (χ2v) is 8.42. The van der Waals surface area contributed by atoms with Gasteiger partial charge in [-0.15, -0.1) is 10.2 Å². The highest BCUT2D eigenvalue weighted by Crippen LogP contribution is 2.25. The van der Waals surface area contributed by atoms with E-state index in [1.807, 2.05) is 30.3 Å². The van der Waals surface area contributed by atoms with E-state index in [0.29, 0.717) is 27.3 Å². The van der Waals surface area contributed by atoms with E-state index < -0.39 is 5.97 Å². The van der Waals surface area contributed by atoms with E-state index in [4.69, 9.17) is 4.74 Å². The molecule has 1 aromatic heterocycles. The Balaban J connectivity index is 1.44. The van der Waals surface area contributed by atoms with Crippen molar-refractivity contribution in [3.8, 4) is 0 Å². The van der Waals surface area contributed by atoms with Crippen LogP contribution in [0.25, 0.3) is 0 Å². The van der Waals surface area contributed by atoms with Gasteiger partial charge in [-0.3, -0.25) is 9.59 Å². The number of hydrogen-bond donors (Lipinski definition) is 2. The van der Waals surface area contributed by atoms with Crippen LogP contribution in [-0.4, -0.2) is 40.3 Å². The summed E-state index contributed by atoms with van der Waals surface area (Å²) in [5, 5.41) is 13.8. The molecule has 2 amide bonds. The normalized spacial score (nSPS) is 10.4. The van der Waals surface area contributed by atoms with E-state index in [1.54, 1.807) is 31.2 Å². The zero-order valence-electron chi connectivity index (χ0n) is 16.7. The van der Waals surface area contributed by atoms with Crippen LogP contribution in [0.15, 0.2) is 58.9 Å². The first kappa shape index (κ1) is 22.4. The van der Waals surface area contributed by atoms with Crippen molar-refractivity contribution >= 4 is 51.7 Å². The lowest BCUT2D eigenvalue weighted by Gasteiger charge is -2.06. The summed E-state index contributed by atoms with van der Waals surface area (Å²) in [6.07, 6.45) is 0.250. The highest BCUT2D eigenvalue weighted by Gasteiger charge is 2.12. The van der Waals surface area contributed by atoms with Crippen LogP contribution in [-0.2, 0) is 20.7 Å². The number of aromatic nitrogens is 2. The molecule has 0 unspecified atom stereocenters. The first-order valence-corrected chi connectivity index (χ1v) is 11.2.